The van der Waals surface area contributed by atoms with Gasteiger partial charge < -0.3 is 10.1 Å². The number of thioether (sulfide) groups is 1. The number of ether oxygens (including phenoxy) is 1. The first-order valence-corrected chi connectivity index (χ1v) is 6.87. The molecule has 0 aliphatic heterocycles. The van der Waals surface area contributed by atoms with Crippen molar-refractivity contribution in [3.8, 4) is 11.8 Å². The average Bonchev–Trinajstić information content (AvgIpc) is 2.42. The molecule has 0 bridgehead atoms. The Morgan fingerprint density at radius 1 is 1.56 bits per heavy atom. The van der Waals surface area contributed by atoms with Crippen LogP contribution in [0.15, 0.2) is 24.3 Å². The summed E-state index contributed by atoms with van der Waals surface area (Å²) in [7, 11) is 0. The SMILES string of the molecule is CSC(C)CNC(=O)COc1ccccc1C#N. The molecular formula is C13H16N2O2S. The predicted octanol–water partition coefficient (Wildman–Crippen LogP) is 1.80. The molecule has 1 rings (SSSR count). The fraction of sp³-hybridized carbons (Fsp3) is 0.385. The summed E-state index contributed by atoms with van der Waals surface area (Å²) in [6.45, 7) is 2.58. The summed E-state index contributed by atoms with van der Waals surface area (Å²) in [4.78, 5) is 11.5. The first kappa shape index (κ1) is 14.4. The van der Waals surface area contributed by atoms with Gasteiger partial charge in [-0.3, -0.25) is 4.79 Å². The third-order valence-electron chi connectivity index (χ3n) is 2.36. The highest BCUT2D eigenvalue weighted by Crippen LogP contribution is 2.16. The molecular weight excluding hydrogens is 248 g/mol. The first-order chi connectivity index (χ1) is 8.67. The lowest BCUT2D eigenvalue weighted by molar-refractivity contribution is -0.123. The Kier molecular flexibility index (Phi) is 6.09. The molecule has 0 aromatic heterocycles. The third-order valence-corrected chi connectivity index (χ3v) is 3.33. The Bertz CT molecular complexity index is 443. The maximum Gasteiger partial charge on any atom is 0.257 e. The van der Waals surface area contributed by atoms with Crippen molar-refractivity contribution in [2.24, 2.45) is 0 Å². The Morgan fingerprint density at radius 3 is 2.94 bits per heavy atom. The second-order valence-electron chi connectivity index (χ2n) is 3.75. The quantitative estimate of drug-likeness (QED) is 0.851. The van der Waals surface area contributed by atoms with Gasteiger partial charge in [-0.05, 0) is 18.4 Å². The molecule has 1 atom stereocenters. The van der Waals surface area contributed by atoms with Gasteiger partial charge in [0.1, 0.15) is 11.8 Å². The maximum atomic E-state index is 11.5. The highest BCUT2D eigenvalue weighted by molar-refractivity contribution is 7.99. The second-order valence-corrected chi connectivity index (χ2v) is 5.02. The summed E-state index contributed by atoms with van der Waals surface area (Å²) in [5.41, 5.74) is 0.433. The van der Waals surface area contributed by atoms with E-state index < -0.39 is 0 Å². The summed E-state index contributed by atoms with van der Waals surface area (Å²) in [5.74, 6) is 0.261. The Morgan fingerprint density at radius 2 is 2.28 bits per heavy atom. The number of para-hydroxylation sites is 1. The number of nitriles is 1. The van der Waals surface area contributed by atoms with E-state index in [1.54, 1.807) is 36.0 Å². The third kappa shape index (κ3) is 4.68. The van der Waals surface area contributed by atoms with Gasteiger partial charge in [0.05, 0.1) is 5.56 Å². The molecule has 0 fully saturated rings. The zero-order valence-corrected chi connectivity index (χ0v) is 11.3. The van der Waals surface area contributed by atoms with Crippen LogP contribution in [0.2, 0.25) is 0 Å². The Balaban J connectivity index is 2.41. The number of benzene rings is 1. The monoisotopic (exact) mass is 264 g/mol. The number of nitrogens with zero attached hydrogens (tertiary/aromatic N) is 1. The summed E-state index contributed by atoms with van der Waals surface area (Å²) in [6, 6.07) is 8.87. The lowest BCUT2D eigenvalue weighted by Crippen LogP contribution is -2.33. The van der Waals surface area contributed by atoms with Crippen molar-refractivity contribution in [3.63, 3.8) is 0 Å². The van der Waals surface area contributed by atoms with Crippen LogP contribution in [-0.4, -0.2) is 30.6 Å². The van der Waals surface area contributed by atoms with Gasteiger partial charge in [0.15, 0.2) is 6.61 Å². The minimum Gasteiger partial charge on any atom is -0.482 e. The summed E-state index contributed by atoms with van der Waals surface area (Å²) in [6.07, 6.45) is 2.00. The molecule has 1 amide bonds. The standard InChI is InChI=1S/C13H16N2O2S/c1-10(18-2)8-15-13(16)9-17-12-6-4-3-5-11(12)7-14/h3-6,10H,8-9H2,1-2H3,(H,15,16). The number of hydrogen-bond donors (Lipinski definition) is 1. The molecule has 1 aromatic carbocycles. The predicted molar refractivity (Wildman–Crippen MR) is 72.6 cm³/mol. The van der Waals surface area contributed by atoms with Gasteiger partial charge >= 0.3 is 0 Å². The lowest BCUT2D eigenvalue weighted by Gasteiger charge is -2.11. The molecule has 0 aliphatic carbocycles. The van der Waals surface area contributed by atoms with Gasteiger partial charge in [-0.25, -0.2) is 0 Å². The van der Waals surface area contributed by atoms with Gasteiger partial charge in [0.25, 0.3) is 5.91 Å². The van der Waals surface area contributed by atoms with Crippen molar-refractivity contribution < 1.29 is 9.53 Å². The first-order valence-electron chi connectivity index (χ1n) is 5.58. The number of hydrogen-bond acceptors (Lipinski definition) is 4. The molecule has 1 N–H and O–H groups in total. The van der Waals surface area contributed by atoms with Crippen LogP contribution in [0, 0.1) is 11.3 Å². The van der Waals surface area contributed by atoms with E-state index in [-0.39, 0.29) is 12.5 Å². The summed E-state index contributed by atoms with van der Waals surface area (Å²) < 4.78 is 5.31. The second kappa shape index (κ2) is 7.62. The van der Waals surface area contributed by atoms with Crippen LogP contribution in [0.4, 0.5) is 0 Å². The summed E-state index contributed by atoms with van der Waals surface area (Å²) in [5, 5.41) is 12.0. The van der Waals surface area contributed by atoms with E-state index in [0.29, 0.717) is 23.1 Å². The molecule has 4 nitrogen and oxygen atoms in total. The fourth-order valence-electron chi connectivity index (χ4n) is 1.22. The van der Waals surface area contributed by atoms with Crippen molar-refractivity contribution in [3.05, 3.63) is 29.8 Å². The van der Waals surface area contributed by atoms with Crippen molar-refractivity contribution in [2.75, 3.05) is 19.4 Å². The number of rotatable bonds is 6. The van der Waals surface area contributed by atoms with E-state index in [1.807, 2.05) is 19.2 Å². The van der Waals surface area contributed by atoms with E-state index in [9.17, 15) is 4.79 Å². The molecule has 0 radical (unpaired) electrons. The van der Waals surface area contributed by atoms with E-state index in [1.165, 1.54) is 0 Å². The van der Waals surface area contributed by atoms with Gasteiger partial charge in [-0.1, -0.05) is 19.1 Å². The smallest absolute Gasteiger partial charge is 0.257 e. The zero-order valence-electron chi connectivity index (χ0n) is 10.5. The van der Waals surface area contributed by atoms with Crippen molar-refractivity contribution >= 4 is 17.7 Å². The van der Waals surface area contributed by atoms with E-state index >= 15 is 0 Å². The van der Waals surface area contributed by atoms with Crippen molar-refractivity contribution in [2.45, 2.75) is 12.2 Å². The summed E-state index contributed by atoms with van der Waals surface area (Å²) >= 11 is 1.69. The minimum absolute atomic E-state index is 0.0696. The molecule has 0 heterocycles. The number of carbonyl (C=O) groups is 1. The molecule has 18 heavy (non-hydrogen) atoms. The van der Waals surface area contributed by atoms with Crippen LogP contribution in [0.1, 0.15) is 12.5 Å². The zero-order chi connectivity index (χ0) is 13.4. The average molecular weight is 264 g/mol. The molecule has 0 spiro atoms. The van der Waals surface area contributed by atoms with E-state index in [0.717, 1.165) is 0 Å². The normalized spacial score (nSPS) is 11.4. The van der Waals surface area contributed by atoms with Crippen LogP contribution in [0.3, 0.4) is 0 Å². The molecule has 96 valence electrons. The van der Waals surface area contributed by atoms with Crippen LogP contribution in [0.5, 0.6) is 5.75 Å². The van der Waals surface area contributed by atoms with Crippen molar-refractivity contribution in [1.29, 1.82) is 5.26 Å². The van der Waals surface area contributed by atoms with Crippen LogP contribution in [-0.2, 0) is 4.79 Å². The highest BCUT2D eigenvalue weighted by atomic mass is 32.2. The largest absolute Gasteiger partial charge is 0.482 e. The number of amides is 1. The Labute approximate surface area is 111 Å². The maximum absolute atomic E-state index is 11.5. The minimum atomic E-state index is -0.177. The number of carbonyl (C=O) groups excluding carboxylic acids is 1. The molecule has 5 heteroatoms. The number of nitrogens with one attached hydrogen (secondary N) is 1. The van der Waals surface area contributed by atoms with Crippen LogP contribution < -0.4 is 10.1 Å². The van der Waals surface area contributed by atoms with Gasteiger partial charge in [0, 0.05) is 11.8 Å². The Hall–Kier alpha value is -1.67. The highest BCUT2D eigenvalue weighted by Gasteiger charge is 2.07. The van der Waals surface area contributed by atoms with Gasteiger partial charge in [-0.15, -0.1) is 0 Å². The molecule has 1 unspecified atom stereocenters. The molecule has 0 aliphatic rings. The molecule has 1 aromatic rings. The van der Waals surface area contributed by atoms with Crippen molar-refractivity contribution in [1.82, 2.24) is 5.32 Å². The lowest BCUT2D eigenvalue weighted by atomic mass is 10.2. The van der Waals surface area contributed by atoms with E-state index in [4.69, 9.17) is 10.00 Å². The van der Waals surface area contributed by atoms with Crippen LogP contribution in [0.25, 0.3) is 0 Å². The van der Waals surface area contributed by atoms with Crippen LogP contribution >= 0.6 is 11.8 Å². The molecule has 0 saturated carbocycles. The molecule has 0 saturated heterocycles. The van der Waals surface area contributed by atoms with E-state index in [2.05, 4.69) is 5.32 Å². The fourth-order valence-corrected chi connectivity index (χ4v) is 1.47. The van der Waals surface area contributed by atoms with Gasteiger partial charge in [0.2, 0.25) is 0 Å². The topological polar surface area (TPSA) is 62.1 Å². The van der Waals surface area contributed by atoms with Gasteiger partial charge in [-0.2, -0.15) is 17.0 Å².